The van der Waals surface area contributed by atoms with Crippen molar-refractivity contribution in [2.45, 2.75) is 31.7 Å². The van der Waals surface area contributed by atoms with Crippen molar-refractivity contribution in [2.24, 2.45) is 0 Å². The van der Waals surface area contributed by atoms with Gasteiger partial charge in [0.2, 0.25) is 5.91 Å². The van der Waals surface area contributed by atoms with Gasteiger partial charge in [-0.1, -0.05) is 11.6 Å². The predicted molar refractivity (Wildman–Crippen MR) is 81.8 cm³/mol. The zero-order chi connectivity index (χ0) is 16.1. The summed E-state index contributed by atoms with van der Waals surface area (Å²) in [6.45, 7) is 0.535. The summed E-state index contributed by atoms with van der Waals surface area (Å²) in [7, 11) is 1.31. The van der Waals surface area contributed by atoms with E-state index in [1.54, 1.807) is 24.3 Å². The molecule has 22 heavy (non-hydrogen) atoms. The first-order valence-corrected chi connectivity index (χ1v) is 7.57. The Hall–Kier alpha value is -1.88. The molecule has 5 nitrogen and oxygen atoms in total. The molecule has 1 amide bonds. The smallest absolute Gasteiger partial charge is 0.328 e. The first-order valence-electron chi connectivity index (χ1n) is 7.19. The number of amides is 1. The van der Waals surface area contributed by atoms with Gasteiger partial charge in [0.15, 0.2) is 5.78 Å². The third-order valence-electron chi connectivity index (χ3n) is 3.78. The molecule has 1 aliphatic rings. The lowest BCUT2D eigenvalue weighted by Crippen LogP contribution is -2.41. The number of hydrogen-bond acceptors (Lipinski definition) is 4. The Bertz CT molecular complexity index is 570. The molecule has 0 N–H and O–H groups in total. The number of carbonyl (C=O) groups excluding carboxylic acids is 3. The molecule has 1 unspecified atom stereocenters. The minimum atomic E-state index is -0.511. The molecule has 0 spiro atoms. The van der Waals surface area contributed by atoms with Crippen LogP contribution in [0, 0.1) is 0 Å². The van der Waals surface area contributed by atoms with Crippen molar-refractivity contribution in [3.8, 4) is 0 Å². The maximum Gasteiger partial charge on any atom is 0.328 e. The first kappa shape index (κ1) is 16.5. The Morgan fingerprint density at radius 2 is 1.91 bits per heavy atom. The second-order valence-corrected chi connectivity index (χ2v) is 5.63. The zero-order valence-electron chi connectivity index (χ0n) is 12.4. The molecular weight excluding hydrogens is 306 g/mol. The highest BCUT2D eigenvalue weighted by Crippen LogP contribution is 2.20. The van der Waals surface area contributed by atoms with E-state index in [0.29, 0.717) is 23.6 Å². The van der Waals surface area contributed by atoms with Gasteiger partial charge in [0.05, 0.1) is 7.11 Å². The van der Waals surface area contributed by atoms with Crippen LogP contribution in [0.1, 0.15) is 36.0 Å². The van der Waals surface area contributed by atoms with Crippen molar-refractivity contribution in [3.05, 3.63) is 34.9 Å². The number of ether oxygens (including phenoxy) is 1. The Labute approximate surface area is 134 Å². The van der Waals surface area contributed by atoms with E-state index in [1.165, 1.54) is 12.0 Å². The second kappa shape index (κ2) is 7.40. The van der Waals surface area contributed by atoms with Crippen LogP contribution in [0.4, 0.5) is 0 Å². The van der Waals surface area contributed by atoms with E-state index in [2.05, 4.69) is 0 Å². The number of ketones is 1. The van der Waals surface area contributed by atoms with Crippen molar-refractivity contribution >= 4 is 29.3 Å². The molecule has 0 aliphatic carbocycles. The molecule has 0 aromatic heterocycles. The summed E-state index contributed by atoms with van der Waals surface area (Å²) < 4.78 is 4.71. The minimum Gasteiger partial charge on any atom is -0.467 e. The van der Waals surface area contributed by atoms with Crippen LogP contribution in [-0.2, 0) is 14.3 Å². The van der Waals surface area contributed by atoms with Crippen LogP contribution in [0.15, 0.2) is 24.3 Å². The van der Waals surface area contributed by atoms with Gasteiger partial charge >= 0.3 is 5.97 Å². The maximum atomic E-state index is 12.2. The summed E-state index contributed by atoms with van der Waals surface area (Å²) in [6.07, 6.45) is 1.60. The van der Waals surface area contributed by atoms with Gasteiger partial charge in [-0.05, 0) is 37.1 Å². The summed E-state index contributed by atoms with van der Waals surface area (Å²) in [5.41, 5.74) is 0.531. The van der Waals surface area contributed by atoms with Crippen molar-refractivity contribution in [3.63, 3.8) is 0 Å². The summed E-state index contributed by atoms with van der Waals surface area (Å²) in [5, 5.41) is 0.561. The van der Waals surface area contributed by atoms with Crippen LogP contribution >= 0.6 is 11.6 Å². The zero-order valence-corrected chi connectivity index (χ0v) is 13.1. The fraction of sp³-hybridized carbons (Fsp3) is 0.438. The molecular formula is C16H18ClNO4. The Kier molecular flexibility index (Phi) is 5.55. The lowest BCUT2D eigenvalue weighted by atomic mass is 10.1. The number of benzene rings is 1. The van der Waals surface area contributed by atoms with E-state index < -0.39 is 12.0 Å². The van der Waals surface area contributed by atoms with Crippen LogP contribution in [0.2, 0.25) is 5.02 Å². The molecule has 6 heteroatoms. The third kappa shape index (κ3) is 3.85. The van der Waals surface area contributed by atoms with E-state index in [9.17, 15) is 14.4 Å². The number of nitrogens with zero attached hydrogens (tertiary/aromatic N) is 1. The van der Waals surface area contributed by atoms with Gasteiger partial charge in [-0.3, -0.25) is 9.59 Å². The molecule has 1 fully saturated rings. The van der Waals surface area contributed by atoms with Gasteiger partial charge in [-0.15, -0.1) is 0 Å². The van der Waals surface area contributed by atoms with Gasteiger partial charge in [-0.2, -0.15) is 0 Å². The number of likely N-dealkylation sites (tertiary alicyclic amines) is 1. The topological polar surface area (TPSA) is 63.7 Å². The van der Waals surface area contributed by atoms with E-state index in [4.69, 9.17) is 16.3 Å². The van der Waals surface area contributed by atoms with E-state index in [0.717, 1.165) is 6.42 Å². The Morgan fingerprint density at radius 3 is 2.55 bits per heavy atom. The monoisotopic (exact) mass is 323 g/mol. The normalized spacial score (nSPS) is 17.4. The fourth-order valence-electron chi connectivity index (χ4n) is 2.59. The van der Waals surface area contributed by atoms with E-state index in [-0.39, 0.29) is 24.5 Å². The molecule has 1 saturated heterocycles. The number of halogens is 1. The van der Waals surface area contributed by atoms with Crippen molar-refractivity contribution < 1.29 is 19.1 Å². The summed E-state index contributed by atoms with van der Waals surface area (Å²) >= 11 is 5.77. The molecule has 2 rings (SSSR count). The number of rotatable bonds is 5. The van der Waals surface area contributed by atoms with Gasteiger partial charge in [-0.25, -0.2) is 4.79 Å². The average molecular weight is 324 g/mol. The highest BCUT2D eigenvalue weighted by molar-refractivity contribution is 6.30. The van der Waals surface area contributed by atoms with Gasteiger partial charge in [0.25, 0.3) is 0 Å². The van der Waals surface area contributed by atoms with Crippen LogP contribution in [-0.4, -0.2) is 42.3 Å². The van der Waals surface area contributed by atoms with E-state index in [1.807, 2.05) is 0 Å². The third-order valence-corrected chi connectivity index (χ3v) is 4.03. The van der Waals surface area contributed by atoms with Gasteiger partial charge in [0, 0.05) is 30.0 Å². The van der Waals surface area contributed by atoms with Crippen LogP contribution in [0.5, 0.6) is 0 Å². The molecule has 0 radical (unpaired) electrons. The Balaban J connectivity index is 1.90. The summed E-state index contributed by atoms with van der Waals surface area (Å²) in [5.74, 6) is -0.691. The van der Waals surface area contributed by atoms with Crippen LogP contribution < -0.4 is 0 Å². The van der Waals surface area contributed by atoms with E-state index >= 15 is 0 Å². The highest BCUT2D eigenvalue weighted by Gasteiger charge is 2.34. The first-order chi connectivity index (χ1) is 10.5. The quantitative estimate of drug-likeness (QED) is 0.617. The molecule has 1 heterocycles. The van der Waals surface area contributed by atoms with Gasteiger partial charge < -0.3 is 9.64 Å². The van der Waals surface area contributed by atoms with Gasteiger partial charge in [0.1, 0.15) is 6.04 Å². The lowest BCUT2D eigenvalue weighted by Gasteiger charge is -2.22. The van der Waals surface area contributed by atoms with Crippen LogP contribution in [0.25, 0.3) is 0 Å². The predicted octanol–water partition coefficient (Wildman–Crippen LogP) is 2.47. The maximum absolute atomic E-state index is 12.2. The minimum absolute atomic E-state index is 0.0922. The molecule has 0 bridgehead atoms. The van der Waals surface area contributed by atoms with Crippen LogP contribution in [0.3, 0.4) is 0 Å². The van der Waals surface area contributed by atoms with Crippen molar-refractivity contribution in [1.29, 1.82) is 0 Å². The average Bonchev–Trinajstić information content (AvgIpc) is 3.01. The molecule has 1 atom stereocenters. The number of Topliss-reactive ketones (excluding diaryl/α,β-unsaturated/α-hetero) is 1. The molecule has 118 valence electrons. The molecule has 0 saturated carbocycles. The largest absolute Gasteiger partial charge is 0.467 e. The number of esters is 1. The molecule has 1 aromatic rings. The number of carbonyl (C=O) groups is 3. The number of hydrogen-bond donors (Lipinski definition) is 0. The highest BCUT2D eigenvalue weighted by atomic mass is 35.5. The number of methoxy groups -OCH3 is 1. The Morgan fingerprint density at radius 1 is 1.23 bits per heavy atom. The summed E-state index contributed by atoms with van der Waals surface area (Å²) in [4.78, 5) is 37.4. The molecule has 1 aliphatic heterocycles. The SMILES string of the molecule is COC(=O)C1CCCN1C(=O)CCC(=O)c1ccc(Cl)cc1. The second-order valence-electron chi connectivity index (χ2n) is 5.20. The molecule has 1 aromatic carbocycles. The van der Waals surface area contributed by atoms with Crippen molar-refractivity contribution in [1.82, 2.24) is 4.90 Å². The summed E-state index contributed by atoms with van der Waals surface area (Å²) in [6, 6.07) is 6.06. The standard InChI is InChI=1S/C16H18ClNO4/c1-22-16(21)13-3-2-10-18(13)15(20)9-8-14(19)11-4-6-12(17)7-5-11/h4-7,13H,2-3,8-10H2,1H3. The fourth-order valence-corrected chi connectivity index (χ4v) is 2.72. The lowest BCUT2D eigenvalue weighted by molar-refractivity contribution is -0.150. The van der Waals surface area contributed by atoms with Crippen molar-refractivity contribution in [2.75, 3.05) is 13.7 Å².